The predicted molar refractivity (Wildman–Crippen MR) is 92.1 cm³/mol. The number of piperazine rings is 1. The number of hydrogen-bond acceptors (Lipinski definition) is 4. The molecular formula is C18H21N3O4. The maximum Gasteiger partial charge on any atom is 0.269 e. The van der Waals surface area contributed by atoms with E-state index in [1.807, 2.05) is 4.90 Å². The van der Waals surface area contributed by atoms with Crippen LogP contribution >= 0.6 is 0 Å². The van der Waals surface area contributed by atoms with Crippen LogP contribution in [0.15, 0.2) is 36.4 Å². The first-order chi connectivity index (χ1) is 12.1. The van der Waals surface area contributed by atoms with Gasteiger partial charge in [-0.1, -0.05) is 12.2 Å². The smallest absolute Gasteiger partial charge is 0.269 e. The second-order valence-corrected chi connectivity index (χ2v) is 6.40. The highest BCUT2D eigenvalue weighted by molar-refractivity contribution is 5.94. The van der Waals surface area contributed by atoms with Crippen molar-refractivity contribution in [1.82, 2.24) is 9.80 Å². The van der Waals surface area contributed by atoms with Crippen LogP contribution in [-0.4, -0.2) is 52.7 Å². The third-order valence-electron chi connectivity index (χ3n) is 4.82. The van der Waals surface area contributed by atoms with Crippen LogP contribution in [-0.2, 0) is 4.79 Å². The molecule has 0 saturated carbocycles. The summed E-state index contributed by atoms with van der Waals surface area (Å²) in [6.07, 6.45) is 6.85. The number of hydrogen-bond donors (Lipinski definition) is 0. The number of carbonyl (C=O) groups excluding carboxylic acids is 2. The van der Waals surface area contributed by atoms with E-state index in [2.05, 4.69) is 12.2 Å². The van der Waals surface area contributed by atoms with E-state index in [-0.39, 0.29) is 23.4 Å². The van der Waals surface area contributed by atoms with Gasteiger partial charge in [-0.05, 0) is 31.4 Å². The Morgan fingerprint density at radius 3 is 2.20 bits per heavy atom. The SMILES string of the molecule is O=C(c1ccc([N+](=O)[O-])cc1)N1CCN(C(=O)[C@H]2CC=CCC2)CC1. The third-order valence-corrected chi connectivity index (χ3v) is 4.82. The zero-order chi connectivity index (χ0) is 17.8. The standard InChI is InChI=1S/C18H21N3O4/c22-17(14-4-2-1-3-5-14)19-10-12-20(13-11-19)18(23)15-6-8-16(9-7-15)21(24)25/h1-2,6-9,14H,3-5,10-13H2/t14-/m0/s1. The molecule has 25 heavy (non-hydrogen) atoms. The number of benzene rings is 1. The van der Waals surface area contributed by atoms with Gasteiger partial charge in [0.05, 0.1) is 4.92 Å². The molecule has 0 aromatic heterocycles. The van der Waals surface area contributed by atoms with Crippen molar-refractivity contribution in [3.63, 3.8) is 0 Å². The van der Waals surface area contributed by atoms with Crippen LogP contribution in [0.5, 0.6) is 0 Å². The molecule has 1 saturated heterocycles. The summed E-state index contributed by atoms with van der Waals surface area (Å²) in [5.74, 6) is 0.108. The van der Waals surface area contributed by atoms with Crippen molar-refractivity contribution in [1.29, 1.82) is 0 Å². The Morgan fingerprint density at radius 1 is 1.00 bits per heavy atom. The molecule has 132 valence electrons. The van der Waals surface area contributed by atoms with Crippen molar-refractivity contribution in [2.45, 2.75) is 19.3 Å². The molecule has 1 aromatic carbocycles. The number of amides is 2. The summed E-state index contributed by atoms with van der Waals surface area (Å²) in [5.41, 5.74) is 0.399. The second-order valence-electron chi connectivity index (χ2n) is 6.40. The largest absolute Gasteiger partial charge is 0.339 e. The van der Waals surface area contributed by atoms with Gasteiger partial charge < -0.3 is 9.80 Å². The molecule has 1 aliphatic heterocycles. The minimum Gasteiger partial charge on any atom is -0.339 e. The second kappa shape index (κ2) is 7.46. The maximum atomic E-state index is 12.5. The van der Waals surface area contributed by atoms with Crippen molar-refractivity contribution in [3.05, 3.63) is 52.1 Å². The monoisotopic (exact) mass is 343 g/mol. The fourth-order valence-corrected chi connectivity index (χ4v) is 3.31. The van der Waals surface area contributed by atoms with Gasteiger partial charge in [0.15, 0.2) is 0 Å². The number of nitro groups is 1. The van der Waals surface area contributed by atoms with Gasteiger partial charge >= 0.3 is 0 Å². The van der Waals surface area contributed by atoms with E-state index < -0.39 is 4.92 Å². The summed E-state index contributed by atoms with van der Waals surface area (Å²) in [6.45, 7) is 2.06. The predicted octanol–water partition coefficient (Wildman–Crippen LogP) is 2.24. The molecule has 1 aliphatic carbocycles. The first kappa shape index (κ1) is 17.1. The van der Waals surface area contributed by atoms with Crippen LogP contribution in [0.2, 0.25) is 0 Å². The van der Waals surface area contributed by atoms with Crippen LogP contribution in [0, 0.1) is 16.0 Å². The molecule has 1 atom stereocenters. The average molecular weight is 343 g/mol. The first-order valence-electron chi connectivity index (χ1n) is 8.54. The lowest BCUT2D eigenvalue weighted by Gasteiger charge is -2.36. The molecule has 0 radical (unpaired) electrons. The van der Waals surface area contributed by atoms with Crippen LogP contribution < -0.4 is 0 Å². The van der Waals surface area contributed by atoms with E-state index in [1.165, 1.54) is 24.3 Å². The van der Waals surface area contributed by atoms with Gasteiger partial charge in [-0.3, -0.25) is 19.7 Å². The molecule has 7 heteroatoms. The minimum absolute atomic E-state index is 0.0338. The summed E-state index contributed by atoms with van der Waals surface area (Å²) in [7, 11) is 0. The molecule has 0 spiro atoms. The van der Waals surface area contributed by atoms with Gasteiger partial charge in [0.25, 0.3) is 11.6 Å². The highest BCUT2D eigenvalue weighted by Gasteiger charge is 2.29. The topological polar surface area (TPSA) is 83.8 Å². The maximum absolute atomic E-state index is 12.5. The van der Waals surface area contributed by atoms with Crippen molar-refractivity contribution in [2.75, 3.05) is 26.2 Å². The molecule has 3 rings (SSSR count). The van der Waals surface area contributed by atoms with E-state index in [0.29, 0.717) is 31.7 Å². The van der Waals surface area contributed by atoms with Crippen LogP contribution in [0.4, 0.5) is 5.69 Å². The molecule has 0 unspecified atom stereocenters. The quantitative estimate of drug-likeness (QED) is 0.479. The molecule has 2 aliphatic rings. The van der Waals surface area contributed by atoms with E-state index in [1.54, 1.807) is 4.90 Å². The summed E-state index contributed by atoms with van der Waals surface area (Å²) >= 11 is 0. The Balaban J connectivity index is 1.56. The van der Waals surface area contributed by atoms with Crippen molar-refractivity contribution < 1.29 is 14.5 Å². The van der Waals surface area contributed by atoms with Crippen molar-refractivity contribution in [3.8, 4) is 0 Å². The Bertz CT molecular complexity index is 691. The van der Waals surface area contributed by atoms with E-state index in [4.69, 9.17) is 0 Å². The summed E-state index contributed by atoms with van der Waals surface area (Å²) in [4.78, 5) is 38.8. The van der Waals surface area contributed by atoms with Crippen molar-refractivity contribution in [2.24, 2.45) is 5.92 Å². The van der Waals surface area contributed by atoms with Gasteiger partial charge in [0.2, 0.25) is 5.91 Å². The van der Waals surface area contributed by atoms with E-state index in [0.717, 1.165) is 19.3 Å². The Hall–Kier alpha value is -2.70. The fraction of sp³-hybridized carbons (Fsp3) is 0.444. The van der Waals surface area contributed by atoms with E-state index in [9.17, 15) is 19.7 Å². The van der Waals surface area contributed by atoms with Gasteiger partial charge in [-0.15, -0.1) is 0 Å². The molecule has 1 heterocycles. The van der Waals surface area contributed by atoms with Gasteiger partial charge in [0, 0.05) is 49.8 Å². The zero-order valence-corrected chi connectivity index (χ0v) is 14.0. The Labute approximate surface area is 146 Å². The minimum atomic E-state index is -0.487. The molecule has 0 bridgehead atoms. The zero-order valence-electron chi connectivity index (χ0n) is 14.0. The number of carbonyl (C=O) groups is 2. The van der Waals surface area contributed by atoms with Crippen LogP contribution in [0.25, 0.3) is 0 Å². The van der Waals surface area contributed by atoms with E-state index >= 15 is 0 Å². The van der Waals surface area contributed by atoms with Gasteiger partial charge in [-0.2, -0.15) is 0 Å². The number of non-ortho nitro benzene ring substituents is 1. The normalized spacial score (nSPS) is 20.4. The average Bonchev–Trinajstić information content (AvgIpc) is 2.67. The van der Waals surface area contributed by atoms with Crippen molar-refractivity contribution >= 4 is 17.5 Å². The fourth-order valence-electron chi connectivity index (χ4n) is 3.31. The first-order valence-corrected chi connectivity index (χ1v) is 8.54. The third kappa shape index (κ3) is 3.87. The highest BCUT2D eigenvalue weighted by Crippen LogP contribution is 2.22. The Morgan fingerprint density at radius 2 is 1.64 bits per heavy atom. The molecular weight excluding hydrogens is 322 g/mol. The number of nitrogens with zero attached hydrogens (tertiary/aromatic N) is 3. The lowest BCUT2D eigenvalue weighted by atomic mass is 9.93. The lowest BCUT2D eigenvalue weighted by Crippen LogP contribution is -2.52. The van der Waals surface area contributed by atoms with Crippen LogP contribution in [0.1, 0.15) is 29.6 Å². The molecule has 7 nitrogen and oxygen atoms in total. The summed E-state index contributed by atoms with van der Waals surface area (Å²) in [6, 6.07) is 5.63. The molecule has 1 fully saturated rings. The molecule has 2 amide bonds. The number of allylic oxidation sites excluding steroid dienone is 2. The van der Waals surface area contributed by atoms with Crippen LogP contribution in [0.3, 0.4) is 0 Å². The summed E-state index contributed by atoms with van der Waals surface area (Å²) < 4.78 is 0. The Kier molecular flexibility index (Phi) is 5.11. The van der Waals surface area contributed by atoms with Gasteiger partial charge in [-0.25, -0.2) is 0 Å². The highest BCUT2D eigenvalue weighted by atomic mass is 16.6. The van der Waals surface area contributed by atoms with Gasteiger partial charge in [0.1, 0.15) is 0 Å². The number of nitro benzene ring substituents is 1. The molecule has 0 N–H and O–H groups in total. The lowest BCUT2D eigenvalue weighted by molar-refractivity contribution is -0.384. The summed E-state index contributed by atoms with van der Waals surface area (Å²) in [5, 5.41) is 10.7. The molecule has 1 aromatic rings. The number of rotatable bonds is 3.